The maximum absolute atomic E-state index is 12.5. The van der Waals surface area contributed by atoms with Gasteiger partial charge in [0.2, 0.25) is 0 Å². The molecule has 0 amide bonds. The lowest BCUT2D eigenvalue weighted by Gasteiger charge is -2.49. The van der Waals surface area contributed by atoms with Crippen molar-refractivity contribution in [2.24, 2.45) is 0 Å². The standard InChI is InChI=1S/C44H52O12/c1-30(45)53-37-36(29-50-25-32-18-10-5-11-19-32)55-44(42(40(37)48-3)52-27-34-22-14-7-15-23-34)56-38-35(28-49-24-31-16-8-4-9-17-31)54-43(46)41(39(38)47-2)51-26-33-20-12-6-13-21-33/h4-23,35-44,46H,24-29H2,1-3H3/t35-,36-,37-,38-,39+,40+,41+,42+,43+,44-/m1/s1. The van der Waals surface area contributed by atoms with E-state index in [-0.39, 0.29) is 26.4 Å². The van der Waals surface area contributed by atoms with Crippen molar-refractivity contribution >= 4 is 5.97 Å². The Hall–Kier alpha value is -4.05. The molecule has 0 radical (unpaired) electrons. The van der Waals surface area contributed by atoms with Gasteiger partial charge in [0.1, 0.15) is 42.7 Å². The number of aliphatic hydroxyl groups excluding tert-OH is 1. The number of aliphatic hydroxyl groups is 1. The van der Waals surface area contributed by atoms with Crippen molar-refractivity contribution in [2.45, 2.75) is 94.8 Å². The lowest BCUT2D eigenvalue weighted by Crippen LogP contribution is -2.66. The summed E-state index contributed by atoms with van der Waals surface area (Å²) in [5.74, 6) is -0.516. The zero-order chi connectivity index (χ0) is 39.1. The van der Waals surface area contributed by atoms with E-state index in [1.165, 1.54) is 21.1 Å². The van der Waals surface area contributed by atoms with E-state index < -0.39 is 67.4 Å². The highest BCUT2D eigenvalue weighted by Gasteiger charge is 2.54. The van der Waals surface area contributed by atoms with Crippen molar-refractivity contribution in [1.29, 1.82) is 0 Å². The number of rotatable bonds is 19. The summed E-state index contributed by atoms with van der Waals surface area (Å²) in [6, 6.07) is 38.7. The SMILES string of the molecule is CO[C@@H]1[C@H](OCc2ccccc2)[C@@H](O[C@H]2[C@H](OC)[C@H](OCc3ccccc3)[C@@H](O)O[C@@H]2COCc2ccccc2)O[C@H](COCc2ccccc2)[C@H]1OC(C)=O. The molecule has 2 aliphatic rings. The van der Waals surface area contributed by atoms with Crippen LogP contribution in [0.4, 0.5) is 0 Å². The first-order chi connectivity index (χ1) is 27.4. The molecule has 56 heavy (non-hydrogen) atoms. The molecule has 1 N–H and O–H groups in total. The summed E-state index contributed by atoms with van der Waals surface area (Å²) in [5.41, 5.74) is 3.74. The molecule has 2 fully saturated rings. The van der Waals surface area contributed by atoms with Crippen LogP contribution in [0, 0.1) is 0 Å². The minimum atomic E-state index is -1.37. The topological polar surface area (TPSA) is 130 Å². The fraction of sp³-hybridized carbons (Fsp3) is 0.432. The van der Waals surface area contributed by atoms with E-state index in [1.54, 1.807) is 0 Å². The van der Waals surface area contributed by atoms with Gasteiger partial charge in [-0.3, -0.25) is 4.79 Å². The molecule has 10 atom stereocenters. The van der Waals surface area contributed by atoms with Gasteiger partial charge in [-0.25, -0.2) is 0 Å². The number of ether oxygens (including phenoxy) is 10. The maximum atomic E-state index is 12.5. The molecule has 4 aromatic rings. The molecule has 12 heteroatoms. The average molecular weight is 773 g/mol. The van der Waals surface area contributed by atoms with Crippen molar-refractivity contribution in [3.05, 3.63) is 144 Å². The van der Waals surface area contributed by atoms with Crippen LogP contribution in [0.2, 0.25) is 0 Å². The Morgan fingerprint density at radius 3 is 1.39 bits per heavy atom. The van der Waals surface area contributed by atoms with E-state index >= 15 is 0 Å². The van der Waals surface area contributed by atoms with E-state index in [1.807, 2.05) is 121 Å². The Morgan fingerprint density at radius 1 is 0.536 bits per heavy atom. The third kappa shape index (κ3) is 11.5. The summed E-state index contributed by atoms with van der Waals surface area (Å²) >= 11 is 0. The summed E-state index contributed by atoms with van der Waals surface area (Å²) < 4.78 is 63.0. The second-order valence-electron chi connectivity index (χ2n) is 13.7. The molecule has 0 saturated carbocycles. The number of benzene rings is 4. The Labute approximate surface area is 328 Å². The van der Waals surface area contributed by atoms with Crippen LogP contribution in [0.3, 0.4) is 0 Å². The minimum Gasteiger partial charge on any atom is -0.457 e. The molecule has 0 unspecified atom stereocenters. The molecule has 0 aromatic heterocycles. The van der Waals surface area contributed by atoms with Gasteiger partial charge in [0.15, 0.2) is 18.7 Å². The first-order valence-corrected chi connectivity index (χ1v) is 18.8. The summed E-state index contributed by atoms with van der Waals surface area (Å²) in [5, 5.41) is 11.4. The zero-order valence-corrected chi connectivity index (χ0v) is 32.0. The quantitative estimate of drug-likeness (QED) is 0.123. The number of carbonyl (C=O) groups excluding carboxylic acids is 1. The van der Waals surface area contributed by atoms with E-state index in [0.717, 1.165) is 22.3 Å². The molecule has 6 rings (SSSR count). The van der Waals surface area contributed by atoms with Crippen molar-refractivity contribution < 1.29 is 57.3 Å². The highest BCUT2D eigenvalue weighted by atomic mass is 16.8. The Bertz CT molecular complexity index is 1700. The number of esters is 1. The van der Waals surface area contributed by atoms with Crippen molar-refractivity contribution in [3.63, 3.8) is 0 Å². The molecule has 0 bridgehead atoms. The van der Waals surface area contributed by atoms with Crippen LogP contribution in [-0.2, 0) is 78.6 Å². The summed E-state index contributed by atoms with van der Waals surface area (Å²) in [4.78, 5) is 12.5. The predicted octanol–water partition coefficient (Wildman–Crippen LogP) is 5.38. The fourth-order valence-electron chi connectivity index (χ4n) is 6.96. The molecule has 12 nitrogen and oxygen atoms in total. The lowest BCUT2D eigenvalue weighted by atomic mass is 9.96. The highest BCUT2D eigenvalue weighted by Crippen LogP contribution is 2.35. The summed E-state index contributed by atoms with van der Waals surface area (Å²) in [6.45, 7) is 2.38. The molecular weight excluding hydrogens is 720 g/mol. The molecule has 2 saturated heterocycles. The molecule has 300 valence electrons. The van der Waals surface area contributed by atoms with E-state index in [9.17, 15) is 9.90 Å². The van der Waals surface area contributed by atoms with Crippen LogP contribution in [0.25, 0.3) is 0 Å². The van der Waals surface area contributed by atoms with E-state index in [2.05, 4.69) is 0 Å². The van der Waals surface area contributed by atoms with Crippen LogP contribution in [-0.4, -0.2) is 99.9 Å². The molecule has 0 aliphatic carbocycles. The van der Waals surface area contributed by atoms with Crippen molar-refractivity contribution in [3.8, 4) is 0 Å². The van der Waals surface area contributed by atoms with Gasteiger partial charge >= 0.3 is 5.97 Å². The highest BCUT2D eigenvalue weighted by molar-refractivity contribution is 5.66. The lowest BCUT2D eigenvalue weighted by molar-refractivity contribution is -0.368. The molecule has 4 aromatic carbocycles. The van der Waals surface area contributed by atoms with Gasteiger partial charge in [-0.15, -0.1) is 0 Å². The third-order valence-corrected chi connectivity index (χ3v) is 9.70. The average Bonchev–Trinajstić information content (AvgIpc) is 3.22. The molecule has 2 aliphatic heterocycles. The van der Waals surface area contributed by atoms with Gasteiger partial charge in [0.25, 0.3) is 0 Å². The van der Waals surface area contributed by atoms with Crippen LogP contribution < -0.4 is 0 Å². The van der Waals surface area contributed by atoms with Crippen LogP contribution >= 0.6 is 0 Å². The number of carbonyl (C=O) groups is 1. The Balaban J connectivity index is 1.29. The fourth-order valence-corrected chi connectivity index (χ4v) is 6.96. The van der Waals surface area contributed by atoms with Gasteiger partial charge in [0.05, 0.1) is 39.6 Å². The van der Waals surface area contributed by atoms with E-state index in [4.69, 9.17) is 47.4 Å². The normalized spacial score (nSPS) is 27.8. The number of hydrogen-bond acceptors (Lipinski definition) is 12. The van der Waals surface area contributed by atoms with Gasteiger partial charge < -0.3 is 52.5 Å². The van der Waals surface area contributed by atoms with Crippen molar-refractivity contribution in [1.82, 2.24) is 0 Å². The second-order valence-corrected chi connectivity index (χ2v) is 13.7. The largest absolute Gasteiger partial charge is 0.457 e. The second kappa shape index (κ2) is 21.5. The molecule has 0 spiro atoms. The first kappa shape index (κ1) is 41.6. The van der Waals surface area contributed by atoms with Gasteiger partial charge in [-0.05, 0) is 22.3 Å². The molecular formula is C44H52O12. The Morgan fingerprint density at radius 2 is 0.946 bits per heavy atom. The Kier molecular flexibility index (Phi) is 15.9. The van der Waals surface area contributed by atoms with Gasteiger partial charge in [0, 0.05) is 21.1 Å². The first-order valence-electron chi connectivity index (χ1n) is 18.8. The zero-order valence-electron chi connectivity index (χ0n) is 32.0. The molecule has 2 heterocycles. The third-order valence-electron chi connectivity index (χ3n) is 9.70. The maximum Gasteiger partial charge on any atom is 0.303 e. The number of methoxy groups -OCH3 is 2. The van der Waals surface area contributed by atoms with Crippen molar-refractivity contribution in [2.75, 3.05) is 27.4 Å². The summed E-state index contributed by atoms with van der Waals surface area (Å²) in [6.07, 6.45) is -9.58. The van der Waals surface area contributed by atoms with Gasteiger partial charge in [-0.2, -0.15) is 0 Å². The van der Waals surface area contributed by atoms with Gasteiger partial charge in [-0.1, -0.05) is 121 Å². The van der Waals surface area contributed by atoms with E-state index in [0.29, 0.717) is 13.2 Å². The van der Waals surface area contributed by atoms with Crippen LogP contribution in [0.15, 0.2) is 121 Å². The minimum absolute atomic E-state index is 0.0392. The smallest absolute Gasteiger partial charge is 0.303 e. The summed E-state index contributed by atoms with van der Waals surface area (Å²) in [7, 11) is 3.05. The van der Waals surface area contributed by atoms with Crippen LogP contribution in [0.1, 0.15) is 29.2 Å². The monoisotopic (exact) mass is 772 g/mol. The van der Waals surface area contributed by atoms with Crippen LogP contribution in [0.5, 0.6) is 0 Å². The predicted molar refractivity (Wildman–Crippen MR) is 204 cm³/mol. The number of hydrogen-bond donors (Lipinski definition) is 1.